The molecule has 0 aliphatic heterocycles. The minimum atomic E-state index is -0.623. The molecule has 4 aromatic carbocycles. The Balaban J connectivity index is 1.59. The van der Waals surface area contributed by atoms with Crippen LogP contribution in [0.5, 0.6) is 46.0 Å². The predicted octanol–water partition coefficient (Wildman–Crippen LogP) is 6.06. The van der Waals surface area contributed by atoms with E-state index in [-0.39, 0.29) is 59.7 Å². The van der Waals surface area contributed by atoms with E-state index in [1.807, 2.05) is 0 Å². The molecule has 50 heavy (non-hydrogen) atoms. The number of hydrogen-bond acceptors (Lipinski definition) is 12. The van der Waals surface area contributed by atoms with Gasteiger partial charge in [-0.05, 0) is 91.3 Å². The van der Waals surface area contributed by atoms with Crippen LogP contribution in [0.25, 0.3) is 0 Å². The monoisotopic (exact) mass is 690 g/mol. The van der Waals surface area contributed by atoms with Crippen molar-refractivity contribution in [3.63, 3.8) is 0 Å². The number of carbonyl (C=O) groups is 2. The first-order chi connectivity index (χ1) is 24.0. The maximum atomic E-state index is 13.3. The van der Waals surface area contributed by atoms with Crippen molar-refractivity contribution in [1.29, 1.82) is 0 Å². The first-order valence-corrected chi connectivity index (χ1v) is 15.8. The maximum absolute atomic E-state index is 13.3. The maximum Gasteiger partial charge on any atom is 0.338 e. The molecule has 0 amide bonds. The van der Waals surface area contributed by atoms with Crippen LogP contribution in [-0.4, -0.2) is 74.0 Å². The number of aromatic hydroxyl groups is 4. The van der Waals surface area contributed by atoms with Gasteiger partial charge in [0, 0.05) is 30.2 Å². The Morgan fingerprint density at radius 2 is 0.900 bits per heavy atom. The summed E-state index contributed by atoms with van der Waals surface area (Å²) in [6.45, 7) is -0.0171. The zero-order valence-electron chi connectivity index (χ0n) is 28.4. The van der Waals surface area contributed by atoms with E-state index < -0.39 is 17.9 Å². The van der Waals surface area contributed by atoms with Gasteiger partial charge >= 0.3 is 11.9 Å². The molecular weight excluding hydrogens is 648 g/mol. The highest BCUT2D eigenvalue weighted by Crippen LogP contribution is 2.32. The summed E-state index contributed by atoms with van der Waals surface area (Å²) in [6.07, 6.45) is 1.48. The number of rotatable bonds is 17. The molecule has 12 nitrogen and oxygen atoms in total. The van der Waals surface area contributed by atoms with Gasteiger partial charge in [-0.2, -0.15) is 0 Å². The van der Waals surface area contributed by atoms with Crippen molar-refractivity contribution in [3.05, 3.63) is 95.1 Å². The number of benzene rings is 4. The third-order valence-electron chi connectivity index (χ3n) is 8.14. The van der Waals surface area contributed by atoms with E-state index in [1.165, 1.54) is 77.0 Å². The molecule has 0 fully saturated rings. The minimum Gasteiger partial charge on any atom is -0.508 e. The molecule has 4 N–H and O–H groups in total. The van der Waals surface area contributed by atoms with Gasteiger partial charge in [0.05, 0.1) is 52.8 Å². The van der Waals surface area contributed by atoms with Crippen molar-refractivity contribution >= 4 is 11.9 Å². The van der Waals surface area contributed by atoms with Crippen molar-refractivity contribution in [2.45, 2.75) is 25.7 Å². The summed E-state index contributed by atoms with van der Waals surface area (Å²) < 4.78 is 32.5. The lowest BCUT2D eigenvalue weighted by atomic mass is 9.80. The fourth-order valence-corrected chi connectivity index (χ4v) is 5.73. The third kappa shape index (κ3) is 10.6. The van der Waals surface area contributed by atoms with Crippen LogP contribution >= 0.6 is 0 Å². The average molecular weight is 691 g/mol. The third-order valence-corrected chi connectivity index (χ3v) is 8.14. The van der Waals surface area contributed by atoms with E-state index in [1.54, 1.807) is 24.3 Å². The van der Waals surface area contributed by atoms with Crippen LogP contribution in [0, 0.1) is 11.8 Å². The molecule has 4 aromatic rings. The Labute approximate surface area is 290 Å². The molecule has 0 unspecified atom stereocenters. The summed E-state index contributed by atoms with van der Waals surface area (Å²) in [5.74, 6) is -0.666. The molecule has 0 spiro atoms. The molecule has 4 rings (SSSR count). The Hall–Kier alpha value is -5.78. The second kappa shape index (κ2) is 17.6. The SMILES string of the molecule is COc1cc(OC)cc(C(=O)OCCC[C@@H](Cc2cc(O)cc(O)c2)[C@@H](COC(=O)c2cc(OC)cc(OC)c2)Cc2cc(O)cc(O)c2)c1. The Morgan fingerprint density at radius 1 is 0.520 bits per heavy atom. The van der Waals surface area contributed by atoms with E-state index in [2.05, 4.69) is 0 Å². The van der Waals surface area contributed by atoms with Crippen molar-refractivity contribution in [2.75, 3.05) is 41.7 Å². The lowest BCUT2D eigenvalue weighted by molar-refractivity contribution is 0.0361. The predicted molar refractivity (Wildman–Crippen MR) is 183 cm³/mol. The van der Waals surface area contributed by atoms with Gasteiger partial charge in [0.2, 0.25) is 0 Å². The van der Waals surface area contributed by atoms with Crippen LogP contribution in [0.2, 0.25) is 0 Å². The molecule has 2 atom stereocenters. The largest absolute Gasteiger partial charge is 0.508 e. The van der Waals surface area contributed by atoms with E-state index in [0.29, 0.717) is 53.4 Å². The Morgan fingerprint density at radius 3 is 1.30 bits per heavy atom. The summed E-state index contributed by atoms with van der Waals surface area (Å²) in [5.41, 5.74) is 1.69. The highest BCUT2D eigenvalue weighted by atomic mass is 16.5. The van der Waals surface area contributed by atoms with Gasteiger partial charge < -0.3 is 48.8 Å². The molecule has 12 heteroatoms. The smallest absolute Gasteiger partial charge is 0.338 e. The molecule has 266 valence electrons. The summed E-state index contributed by atoms with van der Waals surface area (Å²) >= 11 is 0. The van der Waals surface area contributed by atoms with Crippen molar-refractivity contribution in [3.8, 4) is 46.0 Å². The fourth-order valence-electron chi connectivity index (χ4n) is 5.73. The van der Waals surface area contributed by atoms with Crippen LogP contribution in [0.1, 0.15) is 44.7 Å². The molecule has 0 heterocycles. The number of methoxy groups -OCH3 is 4. The summed E-state index contributed by atoms with van der Waals surface area (Å²) in [7, 11) is 5.91. The quantitative estimate of drug-likeness (QED) is 0.0748. The van der Waals surface area contributed by atoms with Crippen LogP contribution in [0.15, 0.2) is 72.8 Å². The number of esters is 2. The number of ether oxygens (including phenoxy) is 6. The van der Waals surface area contributed by atoms with Crippen LogP contribution in [0.3, 0.4) is 0 Å². The lowest BCUT2D eigenvalue weighted by Crippen LogP contribution is -2.26. The Bertz CT molecular complexity index is 1680. The molecule has 0 bridgehead atoms. The second-order valence-electron chi connectivity index (χ2n) is 11.7. The molecule has 0 radical (unpaired) electrons. The lowest BCUT2D eigenvalue weighted by Gasteiger charge is -2.28. The fraction of sp³-hybridized carbons (Fsp3) is 0.316. The topological polar surface area (TPSA) is 170 Å². The number of hydrogen-bond donors (Lipinski definition) is 4. The molecular formula is C38H42O12. The molecule has 0 aliphatic rings. The van der Waals surface area contributed by atoms with Crippen molar-refractivity contribution in [2.24, 2.45) is 11.8 Å². The van der Waals surface area contributed by atoms with E-state index >= 15 is 0 Å². The van der Waals surface area contributed by atoms with Crippen molar-refractivity contribution < 1.29 is 58.4 Å². The number of phenolic OH excluding ortho intramolecular Hbond substituents is 4. The zero-order valence-corrected chi connectivity index (χ0v) is 28.4. The van der Waals surface area contributed by atoms with Gasteiger partial charge in [0.1, 0.15) is 46.0 Å². The molecule has 0 aliphatic carbocycles. The van der Waals surface area contributed by atoms with Crippen molar-refractivity contribution in [1.82, 2.24) is 0 Å². The normalized spacial score (nSPS) is 12.0. The van der Waals surface area contributed by atoms with Gasteiger partial charge in [-0.25, -0.2) is 9.59 Å². The Kier molecular flexibility index (Phi) is 13.0. The standard InChI is InChI=1S/C38H42O12/c1-45-33-14-26(15-34(20-33)46-2)37(43)49-7-5-6-25(8-23-10-29(39)18-30(40)11-23)28(9-24-12-31(41)19-32(42)13-24)22-50-38(44)27-16-35(47-3)21-36(17-27)48-4/h10-21,25,28,39-42H,5-9,22H2,1-4H3/t25-,28+/m0/s1. The number of phenols is 4. The summed E-state index contributed by atoms with van der Waals surface area (Å²) in [4.78, 5) is 26.2. The van der Waals surface area contributed by atoms with Crippen LogP contribution in [0.4, 0.5) is 0 Å². The summed E-state index contributed by atoms with van der Waals surface area (Å²) in [5, 5.41) is 40.8. The molecule has 0 saturated carbocycles. The highest BCUT2D eigenvalue weighted by Gasteiger charge is 2.26. The summed E-state index contributed by atoms with van der Waals surface area (Å²) in [6, 6.07) is 18.0. The van der Waals surface area contributed by atoms with E-state index in [9.17, 15) is 30.0 Å². The van der Waals surface area contributed by atoms with Gasteiger partial charge in [-0.1, -0.05) is 0 Å². The molecule has 0 aromatic heterocycles. The van der Waals surface area contributed by atoms with Gasteiger partial charge in [-0.15, -0.1) is 0 Å². The highest BCUT2D eigenvalue weighted by molar-refractivity contribution is 5.91. The van der Waals surface area contributed by atoms with Crippen LogP contribution in [-0.2, 0) is 22.3 Å². The van der Waals surface area contributed by atoms with E-state index in [0.717, 1.165) is 0 Å². The first kappa shape index (κ1) is 37.0. The van der Waals surface area contributed by atoms with Crippen LogP contribution < -0.4 is 18.9 Å². The number of carbonyl (C=O) groups excluding carboxylic acids is 2. The first-order valence-electron chi connectivity index (χ1n) is 15.8. The minimum absolute atomic E-state index is 0.0587. The van der Waals surface area contributed by atoms with Gasteiger partial charge in [-0.3, -0.25) is 0 Å². The molecule has 0 saturated heterocycles. The van der Waals surface area contributed by atoms with Gasteiger partial charge in [0.15, 0.2) is 0 Å². The zero-order chi connectivity index (χ0) is 36.2. The second-order valence-corrected chi connectivity index (χ2v) is 11.7. The average Bonchev–Trinajstić information content (AvgIpc) is 3.09. The van der Waals surface area contributed by atoms with E-state index in [4.69, 9.17) is 28.4 Å². The van der Waals surface area contributed by atoms with Gasteiger partial charge in [0.25, 0.3) is 0 Å².